The van der Waals surface area contributed by atoms with Gasteiger partial charge in [0.05, 0.1) is 13.1 Å². The van der Waals surface area contributed by atoms with Gasteiger partial charge in [-0.3, -0.25) is 4.90 Å². The first-order chi connectivity index (χ1) is 8.70. The van der Waals surface area contributed by atoms with Gasteiger partial charge in [0, 0.05) is 12.1 Å². The largest absolute Gasteiger partial charge is 0.463 e. The van der Waals surface area contributed by atoms with E-state index in [0.29, 0.717) is 12.1 Å². The van der Waals surface area contributed by atoms with Gasteiger partial charge in [-0.1, -0.05) is 34.6 Å². The SMILES string of the molecule is CC(C)NCc1ccc(CN(C)C(C)C(C)(C)C)o1. The van der Waals surface area contributed by atoms with E-state index >= 15 is 0 Å². The van der Waals surface area contributed by atoms with E-state index in [0.717, 1.165) is 24.6 Å². The van der Waals surface area contributed by atoms with Crippen LogP contribution in [0.1, 0.15) is 53.1 Å². The Morgan fingerprint density at radius 1 is 1.16 bits per heavy atom. The molecule has 0 saturated carbocycles. The van der Waals surface area contributed by atoms with E-state index in [4.69, 9.17) is 4.42 Å². The topological polar surface area (TPSA) is 28.4 Å². The minimum atomic E-state index is 0.281. The molecule has 1 unspecified atom stereocenters. The molecule has 1 N–H and O–H groups in total. The summed E-state index contributed by atoms with van der Waals surface area (Å²) in [5.74, 6) is 2.06. The maximum atomic E-state index is 5.86. The summed E-state index contributed by atoms with van der Waals surface area (Å²) < 4.78 is 5.86. The van der Waals surface area contributed by atoms with E-state index in [9.17, 15) is 0 Å². The molecular weight excluding hydrogens is 236 g/mol. The Kier molecular flexibility index (Phi) is 5.63. The molecule has 0 radical (unpaired) electrons. The highest BCUT2D eigenvalue weighted by Gasteiger charge is 2.24. The van der Waals surface area contributed by atoms with E-state index in [1.807, 2.05) is 0 Å². The molecule has 3 heteroatoms. The highest BCUT2D eigenvalue weighted by atomic mass is 16.3. The van der Waals surface area contributed by atoms with Gasteiger partial charge in [0.1, 0.15) is 11.5 Å². The first-order valence-corrected chi connectivity index (χ1v) is 7.21. The Morgan fingerprint density at radius 3 is 2.26 bits per heavy atom. The number of hydrogen-bond acceptors (Lipinski definition) is 3. The third-order valence-corrected chi connectivity index (χ3v) is 3.72. The van der Waals surface area contributed by atoms with Crippen LogP contribution < -0.4 is 5.32 Å². The van der Waals surface area contributed by atoms with Crippen LogP contribution in [0, 0.1) is 5.41 Å². The van der Waals surface area contributed by atoms with Crippen molar-refractivity contribution in [3.8, 4) is 0 Å². The Morgan fingerprint density at radius 2 is 1.74 bits per heavy atom. The highest BCUT2D eigenvalue weighted by molar-refractivity contribution is 5.07. The molecular formula is C16H30N2O. The minimum absolute atomic E-state index is 0.281. The molecule has 0 amide bonds. The fraction of sp³-hybridized carbons (Fsp3) is 0.750. The third kappa shape index (κ3) is 5.37. The van der Waals surface area contributed by atoms with Gasteiger partial charge in [0.15, 0.2) is 0 Å². The van der Waals surface area contributed by atoms with Crippen LogP contribution in [0.25, 0.3) is 0 Å². The van der Waals surface area contributed by atoms with E-state index < -0.39 is 0 Å². The van der Waals surface area contributed by atoms with E-state index in [1.165, 1.54) is 0 Å². The predicted octanol–water partition coefficient (Wildman–Crippen LogP) is 3.64. The summed E-state index contributed by atoms with van der Waals surface area (Å²) in [6, 6.07) is 5.15. The second-order valence-electron chi connectivity index (χ2n) is 6.86. The summed E-state index contributed by atoms with van der Waals surface area (Å²) >= 11 is 0. The van der Waals surface area contributed by atoms with Crippen LogP contribution in [0.5, 0.6) is 0 Å². The van der Waals surface area contributed by atoms with Crippen LogP contribution in [-0.4, -0.2) is 24.0 Å². The third-order valence-electron chi connectivity index (χ3n) is 3.72. The summed E-state index contributed by atoms with van der Waals surface area (Å²) in [7, 11) is 2.16. The summed E-state index contributed by atoms with van der Waals surface area (Å²) in [6.45, 7) is 15.0. The molecule has 0 saturated heterocycles. The Labute approximate surface area is 118 Å². The summed E-state index contributed by atoms with van der Waals surface area (Å²) in [4.78, 5) is 2.35. The van der Waals surface area contributed by atoms with Crippen molar-refractivity contribution >= 4 is 0 Å². The molecule has 0 spiro atoms. The predicted molar refractivity (Wildman–Crippen MR) is 81.1 cm³/mol. The lowest BCUT2D eigenvalue weighted by Crippen LogP contribution is -2.38. The number of furan rings is 1. The van der Waals surface area contributed by atoms with Crippen LogP contribution in [0.15, 0.2) is 16.5 Å². The second-order valence-corrected chi connectivity index (χ2v) is 6.86. The zero-order chi connectivity index (χ0) is 14.6. The molecule has 1 aromatic rings. The highest BCUT2D eigenvalue weighted by Crippen LogP contribution is 2.24. The number of nitrogens with one attached hydrogen (secondary N) is 1. The van der Waals surface area contributed by atoms with Crippen molar-refractivity contribution in [3.05, 3.63) is 23.7 Å². The molecule has 0 aliphatic rings. The Hall–Kier alpha value is -0.800. The standard InChI is InChI=1S/C16H30N2O/c1-12(2)17-10-14-8-9-15(19-14)11-18(7)13(3)16(4,5)6/h8-9,12-13,17H,10-11H2,1-7H3. The zero-order valence-electron chi connectivity index (χ0n) is 13.6. The van der Waals surface area contributed by atoms with Gasteiger partial charge in [-0.25, -0.2) is 0 Å². The van der Waals surface area contributed by atoms with Gasteiger partial charge in [-0.15, -0.1) is 0 Å². The van der Waals surface area contributed by atoms with Crippen LogP contribution in [0.4, 0.5) is 0 Å². The number of rotatable bonds is 6. The van der Waals surface area contributed by atoms with Crippen molar-refractivity contribution in [3.63, 3.8) is 0 Å². The van der Waals surface area contributed by atoms with Gasteiger partial charge in [0.2, 0.25) is 0 Å². The van der Waals surface area contributed by atoms with Crippen molar-refractivity contribution in [2.75, 3.05) is 7.05 Å². The van der Waals surface area contributed by atoms with Crippen LogP contribution in [-0.2, 0) is 13.1 Å². The van der Waals surface area contributed by atoms with Crippen LogP contribution in [0.2, 0.25) is 0 Å². The van der Waals surface area contributed by atoms with E-state index in [2.05, 4.69) is 70.9 Å². The first-order valence-electron chi connectivity index (χ1n) is 7.21. The minimum Gasteiger partial charge on any atom is -0.463 e. The van der Waals surface area contributed by atoms with Crippen molar-refractivity contribution in [2.24, 2.45) is 5.41 Å². The first kappa shape index (κ1) is 16.3. The van der Waals surface area contributed by atoms with Crippen LogP contribution >= 0.6 is 0 Å². The maximum Gasteiger partial charge on any atom is 0.118 e. The normalized spacial score (nSPS) is 14.4. The zero-order valence-corrected chi connectivity index (χ0v) is 13.6. The fourth-order valence-corrected chi connectivity index (χ4v) is 1.95. The van der Waals surface area contributed by atoms with Crippen LogP contribution in [0.3, 0.4) is 0 Å². The molecule has 0 aromatic carbocycles. The molecule has 0 fully saturated rings. The molecule has 0 aliphatic heterocycles. The average molecular weight is 266 g/mol. The summed E-state index contributed by atoms with van der Waals surface area (Å²) in [6.07, 6.45) is 0. The Bertz CT molecular complexity index is 376. The van der Waals surface area contributed by atoms with Gasteiger partial charge >= 0.3 is 0 Å². The van der Waals surface area contributed by atoms with Crippen molar-refractivity contribution in [1.29, 1.82) is 0 Å². The average Bonchev–Trinajstić information content (AvgIpc) is 2.71. The Balaban J connectivity index is 2.53. The summed E-state index contributed by atoms with van der Waals surface area (Å²) in [5, 5.41) is 3.37. The molecule has 19 heavy (non-hydrogen) atoms. The van der Waals surface area contributed by atoms with Gasteiger partial charge in [-0.2, -0.15) is 0 Å². The van der Waals surface area contributed by atoms with E-state index in [-0.39, 0.29) is 5.41 Å². The van der Waals surface area contributed by atoms with Gasteiger partial charge in [-0.05, 0) is 31.5 Å². The summed E-state index contributed by atoms with van der Waals surface area (Å²) in [5.41, 5.74) is 0.281. The fourth-order valence-electron chi connectivity index (χ4n) is 1.95. The lowest BCUT2D eigenvalue weighted by molar-refractivity contribution is 0.126. The van der Waals surface area contributed by atoms with Gasteiger partial charge in [0.25, 0.3) is 0 Å². The second kappa shape index (κ2) is 6.58. The quantitative estimate of drug-likeness (QED) is 0.852. The molecule has 1 atom stereocenters. The van der Waals surface area contributed by atoms with Crippen molar-refractivity contribution in [2.45, 2.75) is 66.7 Å². The maximum absolute atomic E-state index is 5.86. The molecule has 0 bridgehead atoms. The molecule has 3 nitrogen and oxygen atoms in total. The van der Waals surface area contributed by atoms with E-state index in [1.54, 1.807) is 0 Å². The number of nitrogens with zero attached hydrogens (tertiary/aromatic N) is 1. The smallest absolute Gasteiger partial charge is 0.118 e. The molecule has 0 aliphatic carbocycles. The monoisotopic (exact) mass is 266 g/mol. The van der Waals surface area contributed by atoms with Gasteiger partial charge < -0.3 is 9.73 Å². The van der Waals surface area contributed by atoms with Crippen molar-refractivity contribution < 1.29 is 4.42 Å². The lowest BCUT2D eigenvalue weighted by atomic mass is 9.87. The number of hydrogen-bond donors (Lipinski definition) is 1. The molecule has 110 valence electrons. The molecule has 1 heterocycles. The lowest BCUT2D eigenvalue weighted by Gasteiger charge is -2.34. The molecule has 1 rings (SSSR count). The molecule has 1 aromatic heterocycles. The van der Waals surface area contributed by atoms with Crippen molar-refractivity contribution in [1.82, 2.24) is 10.2 Å².